The fourth-order valence-electron chi connectivity index (χ4n) is 2.80. The van der Waals surface area contributed by atoms with Gasteiger partial charge >= 0.3 is 5.97 Å². The van der Waals surface area contributed by atoms with Crippen molar-refractivity contribution in [3.8, 4) is 0 Å². The molecule has 0 spiro atoms. The summed E-state index contributed by atoms with van der Waals surface area (Å²) in [5.74, 6) is -0.0979. The predicted molar refractivity (Wildman–Crippen MR) is 69.3 cm³/mol. The van der Waals surface area contributed by atoms with Crippen molar-refractivity contribution in [2.24, 2.45) is 5.41 Å². The molecule has 0 amide bonds. The summed E-state index contributed by atoms with van der Waals surface area (Å²) in [6.45, 7) is 5.31. The molecule has 2 unspecified atom stereocenters. The number of nitrogens with one attached hydrogen (secondary N) is 1. The monoisotopic (exact) mass is 255 g/mol. The minimum Gasteiger partial charge on any atom is -0.461 e. The van der Waals surface area contributed by atoms with E-state index in [1.54, 1.807) is 7.11 Å². The molecule has 1 saturated carbocycles. The second kappa shape index (κ2) is 5.57. The van der Waals surface area contributed by atoms with E-state index in [2.05, 4.69) is 19.2 Å². The van der Waals surface area contributed by atoms with Crippen LogP contribution in [0.1, 0.15) is 46.0 Å². The Balaban J connectivity index is 1.75. The van der Waals surface area contributed by atoms with Gasteiger partial charge in [0.05, 0.1) is 6.10 Å². The van der Waals surface area contributed by atoms with Crippen LogP contribution in [-0.4, -0.2) is 37.9 Å². The van der Waals surface area contributed by atoms with Crippen molar-refractivity contribution < 1.29 is 14.3 Å². The maximum absolute atomic E-state index is 12.0. The Labute approximate surface area is 109 Å². The highest BCUT2D eigenvalue weighted by atomic mass is 16.5. The van der Waals surface area contributed by atoms with Crippen LogP contribution < -0.4 is 5.32 Å². The number of ether oxygens (including phenoxy) is 2. The molecule has 1 heterocycles. The molecule has 0 aromatic rings. The fraction of sp³-hybridized carbons (Fsp3) is 0.929. The molecular weight excluding hydrogens is 230 g/mol. The standard InChI is InChI=1S/C14H25NO3/c1-14(2)6-4-10(5-7-14)18-13(16)12-8-11(17-3)9-15-12/h10-12,15H,4-9H2,1-3H3. The minimum absolute atomic E-state index is 0.0979. The van der Waals surface area contributed by atoms with Crippen LogP contribution in [0, 0.1) is 5.41 Å². The summed E-state index contributed by atoms with van der Waals surface area (Å²) in [5.41, 5.74) is 0.412. The van der Waals surface area contributed by atoms with Gasteiger partial charge < -0.3 is 14.8 Å². The SMILES string of the molecule is COC1CNC(C(=O)OC2CCC(C)(C)CC2)C1. The van der Waals surface area contributed by atoms with Crippen molar-refractivity contribution in [1.29, 1.82) is 0 Å². The highest BCUT2D eigenvalue weighted by Crippen LogP contribution is 2.36. The van der Waals surface area contributed by atoms with E-state index in [9.17, 15) is 4.79 Å². The van der Waals surface area contributed by atoms with Gasteiger partial charge in [0.1, 0.15) is 12.1 Å². The number of carbonyl (C=O) groups is 1. The Morgan fingerprint density at radius 1 is 1.22 bits per heavy atom. The Morgan fingerprint density at radius 2 is 1.89 bits per heavy atom. The van der Waals surface area contributed by atoms with Gasteiger partial charge in [0.2, 0.25) is 0 Å². The summed E-state index contributed by atoms with van der Waals surface area (Å²) in [7, 11) is 1.68. The molecule has 0 aromatic carbocycles. The normalized spacial score (nSPS) is 32.4. The molecule has 4 heteroatoms. The maximum Gasteiger partial charge on any atom is 0.323 e. The summed E-state index contributed by atoms with van der Waals surface area (Å²) in [4.78, 5) is 12.0. The van der Waals surface area contributed by atoms with Gasteiger partial charge in [0.25, 0.3) is 0 Å². The second-order valence-corrected chi connectivity index (χ2v) is 6.35. The first-order valence-electron chi connectivity index (χ1n) is 6.97. The average Bonchev–Trinajstić information content (AvgIpc) is 2.80. The van der Waals surface area contributed by atoms with E-state index in [1.165, 1.54) is 0 Å². The van der Waals surface area contributed by atoms with Crippen LogP contribution in [0.5, 0.6) is 0 Å². The first-order chi connectivity index (χ1) is 8.50. The van der Waals surface area contributed by atoms with Crippen molar-refractivity contribution in [1.82, 2.24) is 5.32 Å². The van der Waals surface area contributed by atoms with Gasteiger partial charge in [-0.3, -0.25) is 4.79 Å². The molecule has 1 aliphatic heterocycles. The molecule has 0 radical (unpaired) electrons. The van der Waals surface area contributed by atoms with Crippen molar-refractivity contribution >= 4 is 5.97 Å². The van der Waals surface area contributed by atoms with E-state index < -0.39 is 0 Å². The van der Waals surface area contributed by atoms with Gasteiger partial charge in [-0.15, -0.1) is 0 Å². The molecule has 2 rings (SSSR count). The Morgan fingerprint density at radius 3 is 2.44 bits per heavy atom. The minimum atomic E-state index is -0.176. The summed E-state index contributed by atoms with van der Waals surface area (Å²) in [6, 6.07) is -0.176. The number of hydrogen-bond acceptors (Lipinski definition) is 4. The number of methoxy groups -OCH3 is 1. The van der Waals surface area contributed by atoms with Crippen LogP contribution in [0.25, 0.3) is 0 Å². The number of esters is 1. The van der Waals surface area contributed by atoms with Crippen molar-refractivity contribution in [3.63, 3.8) is 0 Å². The Hall–Kier alpha value is -0.610. The lowest BCUT2D eigenvalue weighted by Gasteiger charge is -2.34. The Bertz CT molecular complexity index is 293. The molecule has 18 heavy (non-hydrogen) atoms. The van der Waals surface area contributed by atoms with Crippen LogP contribution in [0.2, 0.25) is 0 Å². The molecule has 0 bridgehead atoms. The molecule has 4 nitrogen and oxygen atoms in total. The van der Waals surface area contributed by atoms with E-state index in [0.29, 0.717) is 5.41 Å². The Kier molecular flexibility index (Phi) is 4.28. The topological polar surface area (TPSA) is 47.6 Å². The average molecular weight is 255 g/mol. The zero-order valence-electron chi connectivity index (χ0n) is 11.7. The second-order valence-electron chi connectivity index (χ2n) is 6.35. The number of hydrogen-bond donors (Lipinski definition) is 1. The lowest BCUT2D eigenvalue weighted by Crippen LogP contribution is -2.36. The van der Waals surface area contributed by atoms with E-state index in [4.69, 9.17) is 9.47 Å². The van der Waals surface area contributed by atoms with Gasteiger partial charge in [-0.1, -0.05) is 13.8 Å². The zero-order valence-corrected chi connectivity index (χ0v) is 11.7. The van der Waals surface area contributed by atoms with Crippen LogP contribution in [0.4, 0.5) is 0 Å². The largest absolute Gasteiger partial charge is 0.461 e. The van der Waals surface area contributed by atoms with Gasteiger partial charge in [-0.2, -0.15) is 0 Å². The van der Waals surface area contributed by atoms with E-state index in [-0.39, 0.29) is 24.2 Å². The number of carbonyl (C=O) groups excluding carboxylic acids is 1. The highest BCUT2D eigenvalue weighted by Gasteiger charge is 2.34. The summed E-state index contributed by atoms with van der Waals surface area (Å²) in [6.07, 6.45) is 5.28. The molecule has 1 saturated heterocycles. The smallest absolute Gasteiger partial charge is 0.323 e. The third kappa shape index (κ3) is 3.45. The summed E-state index contributed by atoms with van der Waals surface area (Å²) < 4.78 is 10.8. The molecule has 1 N–H and O–H groups in total. The van der Waals surface area contributed by atoms with Gasteiger partial charge in [0.15, 0.2) is 0 Å². The van der Waals surface area contributed by atoms with Crippen LogP contribution >= 0.6 is 0 Å². The van der Waals surface area contributed by atoms with Crippen molar-refractivity contribution in [2.45, 2.75) is 64.2 Å². The first-order valence-corrected chi connectivity index (χ1v) is 6.97. The zero-order chi connectivity index (χ0) is 13.2. The predicted octanol–water partition coefficient (Wildman–Crippen LogP) is 1.88. The highest BCUT2D eigenvalue weighted by molar-refractivity contribution is 5.76. The quantitative estimate of drug-likeness (QED) is 0.782. The third-order valence-corrected chi connectivity index (χ3v) is 4.28. The van der Waals surface area contributed by atoms with Gasteiger partial charge in [-0.25, -0.2) is 0 Å². The van der Waals surface area contributed by atoms with Crippen molar-refractivity contribution in [3.05, 3.63) is 0 Å². The molecule has 104 valence electrons. The fourth-order valence-corrected chi connectivity index (χ4v) is 2.80. The van der Waals surface area contributed by atoms with Gasteiger partial charge in [-0.05, 0) is 31.1 Å². The molecular formula is C14H25NO3. The van der Waals surface area contributed by atoms with Crippen LogP contribution in [0.3, 0.4) is 0 Å². The maximum atomic E-state index is 12.0. The van der Waals surface area contributed by atoms with Crippen LogP contribution in [0.15, 0.2) is 0 Å². The molecule has 1 aliphatic carbocycles. The summed E-state index contributed by atoms with van der Waals surface area (Å²) >= 11 is 0. The van der Waals surface area contributed by atoms with Crippen molar-refractivity contribution in [2.75, 3.05) is 13.7 Å². The molecule has 2 aliphatic rings. The lowest BCUT2D eigenvalue weighted by molar-refractivity contribution is -0.154. The van der Waals surface area contributed by atoms with Gasteiger partial charge in [0, 0.05) is 20.1 Å². The lowest BCUT2D eigenvalue weighted by atomic mass is 9.76. The molecule has 2 fully saturated rings. The van der Waals surface area contributed by atoms with E-state index >= 15 is 0 Å². The van der Waals surface area contributed by atoms with Crippen LogP contribution in [-0.2, 0) is 14.3 Å². The molecule has 0 aromatic heterocycles. The van der Waals surface area contributed by atoms with E-state index in [1.807, 2.05) is 0 Å². The third-order valence-electron chi connectivity index (χ3n) is 4.28. The number of rotatable bonds is 3. The summed E-state index contributed by atoms with van der Waals surface area (Å²) in [5, 5.41) is 3.16. The van der Waals surface area contributed by atoms with E-state index in [0.717, 1.165) is 38.6 Å². The first kappa shape index (κ1) is 13.8. The molecule has 2 atom stereocenters.